The summed E-state index contributed by atoms with van der Waals surface area (Å²) in [5.41, 5.74) is 6.91. The van der Waals surface area contributed by atoms with Gasteiger partial charge >= 0.3 is 0 Å². The smallest absolute Gasteiger partial charge is 0.224 e. The van der Waals surface area contributed by atoms with Crippen LogP contribution in [0.4, 0.5) is 0 Å². The lowest BCUT2D eigenvalue weighted by molar-refractivity contribution is -0.124. The Morgan fingerprint density at radius 3 is 2.70 bits per heavy atom. The zero-order valence-electron chi connectivity index (χ0n) is 12.4. The molecule has 20 heavy (non-hydrogen) atoms. The Morgan fingerprint density at radius 2 is 2.10 bits per heavy atom. The van der Waals surface area contributed by atoms with Crippen molar-refractivity contribution in [3.63, 3.8) is 0 Å². The molecule has 0 heterocycles. The van der Waals surface area contributed by atoms with E-state index in [-0.39, 0.29) is 30.3 Å². The van der Waals surface area contributed by atoms with Crippen LogP contribution in [0.2, 0.25) is 0 Å². The number of hydrogen-bond donors (Lipinski definition) is 2. The molecule has 0 spiro atoms. The van der Waals surface area contributed by atoms with Gasteiger partial charge in [0.05, 0.1) is 7.11 Å². The number of amides is 1. The number of methoxy groups -OCH3 is 1. The van der Waals surface area contributed by atoms with E-state index in [0.717, 1.165) is 18.6 Å². The number of carbonyl (C=O) groups excluding carboxylic acids is 1. The predicted octanol–water partition coefficient (Wildman–Crippen LogP) is 2.15. The molecule has 2 unspecified atom stereocenters. The van der Waals surface area contributed by atoms with Gasteiger partial charge in [-0.1, -0.05) is 19.1 Å². The second-order valence-corrected chi connectivity index (χ2v) is 4.89. The SMILES string of the molecule is COc1cccc(CCCNC(=O)C(C)C(C)N)c1.Cl. The van der Waals surface area contributed by atoms with Gasteiger partial charge in [-0.25, -0.2) is 0 Å². The largest absolute Gasteiger partial charge is 0.497 e. The lowest BCUT2D eigenvalue weighted by Gasteiger charge is -2.15. The van der Waals surface area contributed by atoms with E-state index in [1.807, 2.05) is 32.0 Å². The fourth-order valence-corrected chi connectivity index (χ4v) is 1.73. The van der Waals surface area contributed by atoms with Crippen LogP contribution in [0.5, 0.6) is 5.75 Å². The van der Waals surface area contributed by atoms with Gasteiger partial charge in [-0.2, -0.15) is 0 Å². The minimum Gasteiger partial charge on any atom is -0.497 e. The number of ether oxygens (including phenoxy) is 1. The standard InChI is InChI=1S/C15H24N2O2.ClH/c1-11(12(2)16)15(18)17-9-5-7-13-6-4-8-14(10-13)19-3;/h4,6,8,10-12H,5,7,9,16H2,1-3H3,(H,17,18);1H. The van der Waals surface area contributed by atoms with Gasteiger partial charge < -0.3 is 15.8 Å². The maximum Gasteiger partial charge on any atom is 0.224 e. The molecular formula is C15H25ClN2O2. The van der Waals surface area contributed by atoms with Crippen molar-refractivity contribution in [3.05, 3.63) is 29.8 Å². The number of rotatable bonds is 7. The molecule has 0 aromatic heterocycles. The number of halogens is 1. The Labute approximate surface area is 127 Å². The average Bonchev–Trinajstić information content (AvgIpc) is 2.42. The average molecular weight is 301 g/mol. The van der Waals surface area contributed by atoms with Gasteiger partial charge in [0.1, 0.15) is 5.75 Å². The van der Waals surface area contributed by atoms with Crippen molar-refractivity contribution in [2.24, 2.45) is 11.7 Å². The van der Waals surface area contributed by atoms with E-state index < -0.39 is 0 Å². The molecule has 2 atom stereocenters. The molecule has 114 valence electrons. The van der Waals surface area contributed by atoms with Crippen LogP contribution >= 0.6 is 12.4 Å². The van der Waals surface area contributed by atoms with E-state index in [4.69, 9.17) is 10.5 Å². The molecule has 0 aliphatic carbocycles. The Balaban J connectivity index is 0.00000361. The Morgan fingerprint density at radius 1 is 1.40 bits per heavy atom. The van der Waals surface area contributed by atoms with E-state index >= 15 is 0 Å². The maximum atomic E-state index is 11.7. The van der Waals surface area contributed by atoms with E-state index in [1.165, 1.54) is 5.56 Å². The highest BCUT2D eigenvalue weighted by molar-refractivity contribution is 5.85. The van der Waals surface area contributed by atoms with Crippen LogP contribution in [-0.2, 0) is 11.2 Å². The number of nitrogens with one attached hydrogen (secondary N) is 1. The molecule has 0 radical (unpaired) electrons. The van der Waals surface area contributed by atoms with Gasteiger partial charge in [0.25, 0.3) is 0 Å². The summed E-state index contributed by atoms with van der Waals surface area (Å²) in [6.45, 7) is 4.37. The fraction of sp³-hybridized carbons (Fsp3) is 0.533. The summed E-state index contributed by atoms with van der Waals surface area (Å²) in [6.07, 6.45) is 1.83. The van der Waals surface area contributed by atoms with Gasteiger partial charge in [-0.15, -0.1) is 12.4 Å². The van der Waals surface area contributed by atoms with Crippen molar-refractivity contribution in [2.45, 2.75) is 32.7 Å². The quantitative estimate of drug-likeness (QED) is 0.758. The first-order valence-corrected chi connectivity index (χ1v) is 6.71. The Bertz CT molecular complexity index is 411. The van der Waals surface area contributed by atoms with Crippen LogP contribution < -0.4 is 15.8 Å². The third kappa shape index (κ3) is 6.26. The summed E-state index contributed by atoms with van der Waals surface area (Å²) in [7, 11) is 1.66. The molecule has 0 bridgehead atoms. The van der Waals surface area contributed by atoms with E-state index in [2.05, 4.69) is 11.4 Å². The van der Waals surface area contributed by atoms with Gasteiger partial charge in [0.15, 0.2) is 0 Å². The van der Waals surface area contributed by atoms with Crippen molar-refractivity contribution >= 4 is 18.3 Å². The molecule has 0 aliphatic rings. The molecule has 1 aromatic carbocycles. The van der Waals surface area contributed by atoms with Gasteiger partial charge in [-0.3, -0.25) is 4.79 Å². The van der Waals surface area contributed by atoms with Crippen molar-refractivity contribution in [2.75, 3.05) is 13.7 Å². The maximum absolute atomic E-state index is 11.7. The molecular weight excluding hydrogens is 276 g/mol. The fourth-order valence-electron chi connectivity index (χ4n) is 1.73. The third-order valence-electron chi connectivity index (χ3n) is 3.28. The molecule has 0 fully saturated rings. The zero-order valence-corrected chi connectivity index (χ0v) is 13.2. The van der Waals surface area contributed by atoms with Crippen molar-refractivity contribution in [1.82, 2.24) is 5.32 Å². The topological polar surface area (TPSA) is 64.3 Å². The molecule has 1 amide bonds. The molecule has 0 saturated carbocycles. The number of aryl methyl sites for hydroxylation is 1. The molecule has 1 aromatic rings. The minimum absolute atomic E-state index is 0. The summed E-state index contributed by atoms with van der Waals surface area (Å²) >= 11 is 0. The molecule has 3 N–H and O–H groups in total. The van der Waals surface area contributed by atoms with E-state index in [1.54, 1.807) is 7.11 Å². The molecule has 4 nitrogen and oxygen atoms in total. The number of benzene rings is 1. The predicted molar refractivity (Wildman–Crippen MR) is 84.4 cm³/mol. The normalized spacial score (nSPS) is 13.0. The minimum atomic E-state index is -0.142. The first kappa shape index (κ1) is 18.7. The van der Waals surface area contributed by atoms with Crippen molar-refractivity contribution in [1.29, 1.82) is 0 Å². The first-order chi connectivity index (χ1) is 9.04. The van der Waals surface area contributed by atoms with Gasteiger partial charge in [-0.05, 0) is 37.5 Å². The second kappa shape index (κ2) is 9.61. The Hall–Kier alpha value is -1.26. The lowest BCUT2D eigenvalue weighted by atomic mass is 10.0. The summed E-state index contributed by atoms with van der Waals surface area (Å²) in [5.74, 6) is 0.754. The monoisotopic (exact) mass is 300 g/mol. The van der Waals surface area contributed by atoms with E-state index in [0.29, 0.717) is 6.54 Å². The molecule has 1 rings (SSSR count). The van der Waals surface area contributed by atoms with Crippen molar-refractivity contribution in [3.8, 4) is 5.75 Å². The van der Waals surface area contributed by atoms with Crippen LogP contribution in [0.25, 0.3) is 0 Å². The van der Waals surface area contributed by atoms with Gasteiger partial charge in [0, 0.05) is 18.5 Å². The van der Waals surface area contributed by atoms with Crippen LogP contribution in [0.3, 0.4) is 0 Å². The Kier molecular flexibility index (Phi) is 9.01. The first-order valence-electron chi connectivity index (χ1n) is 6.71. The molecule has 0 saturated heterocycles. The van der Waals surface area contributed by atoms with Crippen LogP contribution in [0, 0.1) is 5.92 Å². The summed E-state index contributed by atoms with van der Waals surface area (Å²) in [4.78, 5) is 11.7. The second-order valence-electron chi connectivity index (χ2n) is 4.89. The lowest BCUT2D eigenvalue weighted by Crippen LogP contribution is -2.39. The highest BCUT2D eigenvalue weighted by atomic mass is 35.5. The van der Waals surface area contributed by atoms with Crippen LogP contribution in [0.15, 0.2) is 24.3 Å². The van der Waals surface area contributed by atoms with Crippen molar-refractivity contribution < 1.29 is 9.53 Å². The third-order valence-corrected chi connectivity index (χ3v) is 3.28. The number of carbonyl (C=O) groups is 1. The zero-order chi connectivity index (χ0) is 14.3. The highest BCUT2D eigenvalue weighted by Gasteiger charge is 2.15. The van der Waals surface area contributed by atoms with Crippen LogP contribution in [-0.4, -0.2) is 25.6 Å². The molecule has 0 aliphatic heterocycles. The van der Waals surface area contributed by atoms with Gasteiger partial charge in [0.2, 0.25) is 5.91 Å². The number of hydrogen-bond acceptors (Lipinski definition) is 3. The number of nitrogens with two attached hydrogens (primary N) is 1. The highest BCUT2D eigenvalue weighted by Crippen LogP contribution is 2.13. The summed E-state index contributed by atoms with van der Waals surface area (Å²) in [6, 6.07) is 7.88. The summed E-state index contributed by atoms with van der Waals surface area (Å²) in [5, 5.41) is 2.91. The van der Waals surface area contributed by atoms with E-state index in [9.17, 15) is 4.79 Å². The summed E-state index contributed by atoms with van der Waals surface area (Å²) < 4.78 is 5.17. The van der Waals surface area contributed by atoms with Crippen LogP contribution in [0.1, 0.15) is 25.8 Å². The molecule has 5 heteroatoms.